The molecule has 1 fully saturated rings. The van der Waals surface area contributed by atoms with Crippen molar-refractivity contribution in [2.24, 2.45) is 0 Å². The van der Waals surface area contributed by atoms with Crippen molar-refractivity contribution in [3.63, 3.8) is 0 Å². The summed E-state index contributed by atoms with van der Waals surface area (Å²) in [7, 11) is 0. The van der Waals surface area contributed by atoms with Gasteiger partial charge < -0.3 is 20.3 Å². The molecule has 0 amide bonds. The first-order valence-corrected chi connectivity index (χ1v) is 6.90. The molecule has 1 unspecified atom stereocenters. The lowest BCUT2D eigenvalue weighted by Gasteiger charge is -2.11. The molecule has 1 aromatic heterocycles. The summed E-state index contributed by atoms with van der Waals surface area (Å²) in [5, 5.41) is 23.2. The lowest BCUT2D eigenvalue weighted by Crippen LogP contribution is -2.18. The number of halogens is 1. The van der Waals surface area contributed by atoms with Crippen molar-refractivity contribution < 1.29 is 19.3 Å². The van der Waals surface area contributed by atoms with Gasteiger partial charge in [-0.25, -0.2) is 8.96 Å². The van der Waals surface area contributed by atoms with Crippen LogP contribution in [0.5, 0.6) is 11.8 Å². The zero-order valence-corrected chi connectivity index (χ0v) is 11.4. The highest BCUT2D eigenvalue weighted by Crippen LogP contribution is 2.35. The van der Waals surface area contributed by atoms with Crippen LogP contribution in [0.1, 0.15) is 12.8 Å². The van der Waals surface area contributed by atoms with Crippen LogP contribution in [0.25, 0.3) is 5.69 Å². The summed E-state index contributed by atoms with van der Waals surface area (Å²) in [5.74, 6) is -0.604. The van der Waals surface area contributed by atoms with Crippen LogP contribution in [-0.2, 0) is 4.74 Å². The second-order valence-corrected chi connectivity index (χ2v) is 5.07. The second kappa shape index (κ2) is 5.65. The Morgan fingerprint density at radius 2 is 2.05 bits per heavy atom. The molecule has 1 aliphatic heterocycles. The van der Waals surface area contributed by atoms with Crippen molar-refractivity contribution in [3.8, 4) is 17.4 Å². The van der Waals surface area contributed by atoms with Gasteiger partial charge in [0.25, 0.3) is 0 Å². The third-order valence-electron chi connectivity index (χ3n) is 3.58. The molecule has 112 valence electrons. The van der Waals surface area contributed by atoms with Gasteiger partial charge in [0.05, 0.1) is 11.8 Å². The molecule has 0 bridgehead atoms. The van der Waals surface area contributed by atoms with Crippen molar-refractivity contribution >= 4 is 5.69 Å². The lowest BCUT2D eigenvalue weighted by atomic mass is 10.2. The highest BCUT2D eigenvalue weighted by atomic mass is 19.1. The molecular formula is C15H17FN2O3. The molecule has 0 aliphatic carbocycles. The van der Waals surface area contributed by atoms with Crippen LogP contribution >= 0.6 is 0 Å². The van der Waals surface area contributed by atoms with E-state index in [4.69, 9.17) is 4.74 Å². The highest BCUT2D eigenvalue weighted by molar-refractivity contribution is 5.61. The van der Waals surface area contributed by atoms with Gasteiger partial charge in [-0.15, -0.1) is 0 Å². The number of hydrogen-bond donors (Lipinski definition) is 3. The largest absolute Gasteiger partial charge is 0.494 e. The van der Waals surface area contributed by atoms with E-state index < -0.39 is 0 Å². The third kappa shape index (κ3) is 2.80. The Bertz CT molecular complexity index is 619. The van der Waals surface area contributed by atoms with Crippen molar-refractivity contribution in [1.29, 1.82) is 0 Å². The van der Waals surface area contributed by atoms with Gasteiger partial charge in [-0.3, -0.25) is 0 Å². The molecule has 0 spiro atoms. The highest BCUT2D eigenvalue weighted by Gasteiger charge is 2.19. The summed E-state index contributed by atoms with van der Waals surface area (Å²) < 4.78 is 19.7. The molecule has 1 saturated heterocycles. The number of aromatic hydroxyl groups is 2. The van der Waals surface area contributed by atoms with E-state index in [1.54, 1.807) is 0 Å². The first-order valence-electron chi connectivity index (χ1n) is 6.90. The summed E-state index contributed by atoms with van der Waals surface area (Å²) in [6.07, 6.45) is 2.15. The van der Waals surface area contributed by atoms with E-state index in [1.807, 2.05) is 0 Å². The predicted molar refractivity (Wildman–Crippen MR) is 76.5 cm³/mol. The first kappa shape index (κ1) is 13.8. The van der Waals surface area contributed by atoms with Crippen molar-refractivity contribution in [3.05, 3.63) is 36.1 Å². The number of aromatic nitrogens is 1. The molecule has 21 heavy (non-hydrogen) atoms. The summed E-state index contributed by atoms with van der Waals surface area (Å²) >= 11 is 0. The number of nitrogens with zero attached hydrogens (tertiary/aromatic N) is 1. The van der Waals surface area contributed by atoms with Crippen molar-refractivity contribution in [2.45, 2.75) is 18.9 Å². The summed E-state index contributed by atoms with van der Waals surface area (Å²) in [6, 6.07) is 6.95. The Morgan fingerprint density at radius 1 is 1.29 bits per heavy atom. The van der Waals surface area contributed by atoms with Crippen LogP contribution in [0.2, 0.25) is 0 Å². The zero-order chi connectivity index (χ0) is 14.8. The van der Waals surface area contributed by atoms with Gasteiger partial charge in [0.15, 0.2) is 0 Å². The van der Waals surface area contributed by atoms with E-state index in [9.17, 15) is 14.6 Å². The number of benzene rings is 1. The molecule has 1 aliphatic rings. The maximum atomic E-state index is 12.9. The maximum absolute atomic E-state index is 12.9. The summed E-state index contributed by atoms with van der Waals surface area (Å²) in [6.45, 7) is 1.33. The zero-order valence-electron chi connectivity index (χ0n) is 11.4. The topological polar surface area (TPSA) is 66.7 Å². The Labute approximate surface area is 121 Å². The molecule has 2 heterocycles. The molecule has 3 N–H and O–H groups in total. The van der Waals surface area contributed by atoms with Gasteiger partial charge >= 0.3 is 0 Å². The molecule has 1 aromatic carbocycles. The Kier molecular flexibility index (Phi) is 3.70. The monoisotopic (exact) mass is 292 g/mol. The van der Waals surface area contributed by atoms with Crippen LogP contribution in [0.3, 0.4) is 0 Å². The van der Waals surface area contributed by atoms with Crippen LogP contribution in [-0.4, -0.2) is 34.0 Å². The van der Waals surface area contributed by atoms with Crippen molar-refractivity contribution in [1.82, 2.24) is 4.57 Å². The van der Waals surface area contributed by atoms with E-state index in [-0.39, 0.29) is 23.7 Å². The first-order chi connectivity index (χ1) is 10.1. The Hall–Kier alpha value is -2.21. The normalized spacial score (nSPS) is 18.0. The van der Waals surface area contributed by atoms with Gasteiger partial charge in [0.1, 0.15) is 11.5 Å². The SMILES string of the molecule is Oc1cc(NCC2CCCO2)c(O)n1-c1ccc(F)cc1. The lowest BCUT2D eigenvalue weighted by molar-refractivity contribution is 0.120. The fourth-order valence-corrected chi connectivity index (χ4v) is 2.49. The van der Waals surface area contributed by atoms with E-state index in [0.717, 1.165) is 19.4 Å². The van der Waals surface area contributed by atoms with Gasteiger partial charge in [-0.2, -0.15) is 0 Å². The van der Waals surface area contributed by atoms with Crippen LogP contribution in [0, 0.1) is 5.82 Å². The third-order valence-corrected chi connectivity index (χ3v) is 3.58. The Morgan fingerprint density at radius 3 is 2.71 bits per heavy atom. The molecule has 0 radical (unpaired) electrons. The van der Waals surface area contributed by atoms with Crippen LogP contribution in [0.15, 0.2) is 30.3 Å². The van der Waals surface area contributed by atoms with Gasteiger partial charge in [-0.1, -0.05) is 0 Å². The fraction of sp³-hybridized carbons (Fsp3) is 0.333. The number of hydrogen-bond acceptors (Lipinski definition) is 4. The Balaban J connectivity index is 1.80. The molecule has 3 rings (SSSR count). The minimum Gasteiger partial charge on any atom is -0.494 e. The van der Waals surface area contributed by atoms with Gasteiger partial charge in [0.2, 0.25) is 11.8 Å². The number of anilines is 1. The molecular weight excluding hydrogens is 275 g/mol. The van der Waals surface area contributed by atoms with Crippen molar-refractivity contribution in [2.75, 3.05) is 18.5 Å². The molecule has 6 heteroatoms. The quantitative estimate of drug-likeness (QED) is 0.810. The number of rotatable bonds is 4. The minimum absolute atomic E-state index is 0.114. The molecule has 1 atom stereocenters. The van der Waals surface area contributed by atoms with E-state index in [2.05, 4.69) is 5.32 Å². The predicted octanol–water partition coefficient (Wildman–Crippen LogP) is 2.62. The molecule has 5 nitrogen and oxygen atoms in total. The number of ether oxygens (including phenoxy) is 1. The maximum Gasteiger partial charge on any atom is 0.222 e. The summed E-state index contributed by atoms with van der Waals surface area (Å²) in [5.41, 5.74) is 0.906. The van der Waals surface area contributed by atoms with Crippen LogP contribution < -0.4 is 5.32 Å². The molecule has 0 saturated carbocycles. The summed E-state index contributed by atoms with van der Waals surface area (Å²) in [4.78, 5) is 0. The average molecular weight is 292 g/mol. The molecule has 2 aromatic rings. The minimum atomic E-state index is -0.374. The second-order valence-electron chi connectivity index (χ2n) is 5.07. The standard InChI is InChI=1S/C15H17FN2O3/c16-10-3-5-11(6-4-10)18-14(19)8-13(15(18)20)17-9-12-2-1-7-21-12/h3-6,8,12,17,19-20H,1-2,7,9H2. The van der Waals surface area contributed by atoms with Gasteiger partial charge in [0, 0.05) is 19.2 Å². The van der Waals surface area contributed by atoms with E-state index in [1.165, 1.54) is 34.9 Å². The van der Waals surface area contributed by atoms with E-state index in [0.29, 0.717) is 17.9 Å². The smallest absolute Gasteiger partial charge is 0.222 e. The van der Waals surface area contributed by atoms with Crippen LogP contribution in [0.4, 0.5) is 10.1 Å². The average Bonchev–Trinajstić information content (AvgIpc) is 3.07. The fourth-order valence-electron chi connectivity index (χ4n) is 2.49. The number of nitrogens with one attached hydrogen (secondary N) is 1. The van der Waals surface area contributed by atoms with Gasteiger partial charge in [-0.05, 0) is 37.1 Å². The van der Waals surface area contributed by atoms with E-state index >= 15 is 0 Å².